The van der Waals surface area contributed by atoms with Crippen LogP contribution in [-0.2, 0) is 4.74 Å². The van der Waals surface area contributed by atoms with E-state index in [4.69, 9.17) is 4.74 Å². The zero-order chi connectivity index (χ0) is 15.3. The van der Waals surface area contributed by atoms with Crippen LogP contribution in [0.1, 0.15) is 32.9 Å². The number of nitrogens with zero attached hydrogens (tertiary/aromatic N) is 2. The van der Waals surface area contributed by atoms with Crippen LogP contribution in [0.15, 0.2) is 18.3 Å². The second-order valence-electron chi connectivity index (χ2n) is 5.45. The fraction of sp³-hybridized carbons (Fsp3) is 0.400. The van der Waals surface area contributed by atoms with Gasteiger partial charge in [0.2, 0.25) is 0 Å². The maximum atomic E-state index is 11.4. The van der Waals surface area contributed by atoms with Gasteiger partial charge in [0, 0.05) is 19.2 Å². The molecule has 6 nitrogen and oxygen atoms in total. The number of amides is 1. The lowest BCUT2D eigenvalue weighted by Crippen LogP contribution is -2.32. The number of hydrogen-bond donors (Lipinski definition) is 2. The van der Waals surface area contributed by atoms with E-state index >= 15 is 0 Å². The summed E-state index contributed by atoms with van der Waals surface area (Å²) in [5, 5.41) is 10.5. The van der Waals surface area contributed by atoms with Crippen molar-refractivity contribution in [2.24, 2.45) is 0 Å². The first-order chi connectivity index (χ1) is 9.96. The molecule has 110 valence electrons. The molecule has 2 N–H and O–H groups in total. The first-order valence-corrected chi connectivity index (χ1v) is 6.70. The Labute approximate surface area is 123 Å². The maximum absolute atomic E-state index is 11.4. The van der Waals surface area contributed by atoms with Gasteiger partial charge in [-0.1, -0.05) is 5.92 Å². The SMILES string of the molecule is CC(C)(C)OC(=O)NCCC#Cc1[nH]nc2ncccc12. The highest BCUT2D eigenvalue weighted by atomic mass is 16.6. The Hall–Kier alpha value is -2.55. The van der Waals surface area contributed by atoms with Crippen LogP contribution in [0.4, 0.5) is 4.79 Å². The molecule has 0 radical (unpaired) electrons. The van der Waals surface area contributed by atoms with Crippen LogP contribution < -0.4 is 5.32 Å². The predicted octanol–water partition coefficient (Wildman–Crippen LogP) is 2.22. The van der Waals surface area contributed by atoms with Crippen molar-refractivity contribution in [3.63, 3.8) is 0 Å². The molecule has 0 aliphatic carbocycles. The van der Waals surface area contributed by atoms with Crippen molar-refractivity contribution in [1.29, 1.82) is 0 Å². The molecule has 1 amide bonds. The van der Waals surface area contributed by atoms with E-state index in [2.05, 4.69) is 32.3 Å². The Kier molecular flexibility index (Phi) is 4.43. The molecular formula is C15H18N4O2. The minimum Gasteiger partial charge on any atom is -0.444 e. The van der Waals surface area contributed by atoms with Crippen LogP contribution in [-0.4, -0.2) is 33.4 Å². The fourth-order valence-electron chi connectivity index (χ4n) is 1.64. The number of nitrogens with one attached hydrogen (secondary N) is 2. The fourth-order valence-corrected chi connectivity index (χ4v) is 1.64. The average Bonchev–Trinajstić information content (AvgIpc) is 2.80. The van der Waals surface area contributed by atoms with Crippen molar-refractivity contribution in [3.8, 4) is 11.8 Å². The summed E-state index contributed by atoms with van der Waals surface area (Å²) in [6.07, 6.45) is 1.78. The summed E-state index contributed by atoms with van der Waals surface area (Å²) in [5.41, 5.74) is 0.890. The van der Waals surface area contributed by atoms with Gasteiger partial charge in [0.15, 0.2) is 5.65 Å². The van der Waals surface area contributed by atoms with Crippen molar-refractivity contribution < 1.29 is 9.53 Å². The number of carbonyl (C=O) groups is 1. The third-order valence-electron chi connectivity index (χ3n) is 2.46. The summed E-state index contributed by atoms with van der Waals surface area (Å²) in [6, 6.07) is 3.75. The standard InChI is InChI=1S/C15H18N4O2/c1-15(2,3)21-14(20)17-9-5-4-8-12-11-7-6-10-16-13(11)19-18-12/h6-7,10H,5,9H2,1-3H3,(H,17,20)(H,16,18,19). The summed E-state index contributed by atoms with van der Waals surface area (Å²) >= 11 is 0. The zero-order valence-electron chi connectivity index (χ0n) is 12.4. The van der Waals surface area contributed by atoms with Gasteiger partial charge in [-0.2, -0.15) is 5.10 Å². The predicted molar refractivity (Wildman–Crippen MR) is 79.6 cm³/mol. The van der Waals surface area contributed by atoms with Gasteiger partial charge in [-0.25, -0.2) is 9.78 Å². The highest BCUT2D eigenvalue weighted by Gasteiger charge is 2.15. The van der Waals surface area contributed by atoms with E-state index in [1.807, 2.05) is 32.9 Å². The van der Waals surface area contributed by atoms with Crippen molar-refractivity contribution in [2.75, 3.05) is 6.54 Å². The van der Waals surface area contributed by atoms with E-state index in [9.17, 15) is 4.79 Å². The number of rotatable bonds is 2. The van der Waals surface area contributed by atoms with Gasteiger partial charge in [0.25, 0.3) is 0 Å². The van der Waals surface area contributed by atoms with E-state index < -0.39 is 11.7 Å². The van der Waals surface area contributed by atoms with Gasteiger partial charge in [-0.15, -0.1) is 0 Å². The number of carbonyl (C=O) groups excluding carboxylic acids is 1. The molecule has 0 fully saturated rings. The molecule has 0 aromatic carbocycles. The molecule has 21 heavy (non-hydrogen) atoms. The first-order valence-electron chi connectivity index (χ1n) is 6.70. The molecule has 0 saturated carbocycles. The maximum Gasteiger partial charge on any atom is 0.407 e. The molecular weight excluding hydrogens is 268 g/mol. The quantitative estimate of drug-likeness (QED) is 0.655. The number of aromatic amines is 1. The normalized spacial score (nSPS) is 10.8. The molecule has 0 bridgehead atoms. The van der Waals surface area contributed by atoms with E-state index in [0.717, 1.165) is 11.1 Å². The smallest absolute Gasteiger partial charge is 0.407 e. The number of hydrogen-bond acceptors (Lipinski definition) is 4. The summed E-state index contributed by atoms with van der Waals surface area (Å²) in [5.74, 6) is 5.97. The number of alkyl carbamates (subject to hydrolysis) is 1. The molecule has 2 aromatic rings. The second-order valence-corrected chi connectivity index (χ2v) is 5.45. The minimum absolute atomic E-state index is 0.430. The summed E-state index contributed by atoms with van der Waals surface area (Å²) in [7, 11) is 0. The van der Waals surface area contributed by atoms with Crippen LogP contribution in [0, 0.1) is 11.8 Å². The van der Waals surface area contributed by atoms with Crippen molar-refractivity contribution in [1.82, 2.24) is 20.5 Å². The Bertz CT molecular complexity index is 689. The number of H-pyrrole nitrogens is 1. The van der Waals surface area contributed by atoms with Crippen molar-refractivity contribution in [2.45, 2.75) is 32.8 Å². The van der Waals surface area contributed by atoms with Crippen LogP contribution in [0.5, 0.6) is 0 Å². The van der Waals surface area contributed by atoms with Gasteiger partial charge in [-0.3, -0.25) is 5.10 Å². The third-order valence-corrected chi connectivity index (χ3v) is 2.46. The second kappa shape index (κ2) is 6.27. The monoisotopic (exact) mass is 286 g/mol. The van der Waals surface area contributed by atoms with E-state index in [0.29, 0.717) is 18.6 Å². The lowest BCUT2D eigenvalue weighted by molar-refractivity contribution is 0.0529. The number of pyridine rings is 1. The third kappa shape index (κ3) is 4.49. The highest BCUT2D eigenvalue weighted by Crippen LogP contribution is 2.11. The number of fused-ring (bicyclic) bond motifs is 1. The Morgan fingerprint density at radius 3 is 3.05 bits per heavy atom. The Balaban J connectivity index is 1.83. The largest absolute Gasteiger partial charge is 0.444 e. The Morgan fingerprint density at radius 1 is 1.48 bits per heavy atom. The highest BCUT2D eigenvalue weighted by molar-refractivity contribution is 5.80. The lowest BCUT2D eigenvalue weighted by atomic mass is 10.2. The summed E-state index contributed by atoms with van der Waals surface area (Å²) < 4.78 is 5.13. The summed E-state index contributed by atoms with van der Waals surface area (Å²) in [4.78, 5) is 15.5. The molecule has 0 spiro atoms. The van der Waals surface area contributed by atoms with Gasteiger partial charge in [0.1, 0.15) is 11.3 Å². The zero-order valence-corrected chi connectivity index (χ0v) is 12.4. The van der Waals surface area contributed by atoms with Gasteiger partial charge < -0.3 is 10.1 Å². The molecule has 0 aliphatic heterocycles. The number of ether oxygens (including phenoxy) is 1. The first kappa shape index (κ1) is 14.9. The van der Waals surface area contributed by atoms with E-state index in [-0.39, 0.29) is 0 Å². The van der Waals surface area contributed by atoms with Crippen LogP contribution >= 0.6 is 0 Å². The molecule has 0 unspecified atom stereocenters. The molecule has 2 aromatic heterocycles. The average molecular weight is 286 g/mol. The van der Waals surface area contributed by atoms with E-state index in [1.165, 1.54) is 0 Å². The van der Waals surface area contributed by atoms with Gasteiger partial charge >= 0.3 is 6.09 Å². The van der Waals surface area contributed by atoms with E-state index in [1.54, 1.807) is 6.20 Å². The molecule has 2 rings (SSSR count). The molecule has 2 heterocycles. The molecule has 0 saturated heterocycles. The summed E-state index contributed by atoms with van der Waals surface area (Å²) in [6.45, 7) is 5.91. The number of aromatic nitrogens is 3. The topological polar surface area (TPSA) is 79.9 Å². The minimum atomic E-state index is -0.488. The molecule has 0 aliphatic rings. The Morgan fingerprint density at radius 2 is 2.29 bits per heavy atom. The van der Waals surface area contributed by atoms with Crippen molar-refractivity contribution in [3.05, 3.63) is 24.0 Å². The van der Waals surface area contributed by atoms with Crippen LogP contribution in [0.3, 0.4) is 0 Å². The van der Waals surface area contributed by atoms with Gasteiger partial charge in [-0.05, 0) is 38.8 Å². The lowest BCUT2D eigenvalue weighted by Gasteiger charge is -2.19. The van der Waals surface area contributed by atoms with Gasteiger partial charge in [0.05, 0.1) is 5.39 Å². The molecule has 6 heteroatoms. The van der Waals surface area contributed by atoms with Crippen LogP contribution in [0.2, 0.25) is 0 Å². The molecule has 0 atom stereocenters. The van der Waals surface area contributed by atoms with Crippen molar-refractivity contribution >= 4 is 17.1 Å². The van der Waals surface area contributed by atoms with Crippen LogP contribution in [0.25, 0.3) is 11.0 Å².